The second-order valence-corrected chi connectivity index (χ2v) is 6.68. The van der Waals surface area contributed by atoms with Gasteiger partial charge in [0.1, 0.15) is 12.0 Å². The van der Waals surface area contributed by atoms with Gasteiger partial charge in [0.05, 0.1) is 6.20 Å². The van der Waals surface area contributed by atoms with E-state index in [1.165, 1.54) is 23.2 Å². The van der Waals surface area contributed by atoms with Gasteiger partial charge in [0.25, 0.3) is 0 Å². The molecule has 3 aromatic heterocycles. The summed E-state index contributed by atoms with van der Waals surface area (Å²) in [5.74, 6) is 0.797. The van der Waals surface area contributed by atoms with E-state index >= 15 is 0 Å². The van der Waals surface area contributed by atoms with Crippen LogP contribution in [-0.2, 0) is 0 Å². The first kappa shape index (κ1) is 17.6. The molecule has 1 aliphatic rings. The quantitative estimate of drug-likeness (QED) is 0.682. The van der Waals surface area contributed by atoms with Gasteiger partial charge < -0.3 is 10.1 Å². The lowest BCUT2D eigenvalue weighted by Crippen LogP contribution is -2.31. The van der Waals surface area contributed by atoms with Crippen molar-refractivity contribution >= 4 is 11.6 Å². The molecule has 3 aromatic rings. The zero-order valence-electron chi connectivity index (χ0n) is 14.7. The summed E-state index contributed by atoms with van der Waals surface area (Å²) in [6.07, 6.45) is 0.0967. The zero-order valence-corrected chi connectivity index (χ0v) is 14.7. The minimum atomic E-state index is -4.53. The number of fused-ring (bicyclic) bond motifs is 1. The average molecular weight is 381 g/mol. The van der Waals surface area contributed by atoms with Gasteiger partial charge in [0.15, 0.2) is 11.9 Å². The predicted octanol–water partition coefficient (Wildman–Crippen LogP) is 3.05. The molecule has 0 spiro atoms. The van der Waals surface area contributed by atoms with Crippen LogP contribution in [-0.4, -0.2) is 48.1 Å². The summed E-state index contributed by atoms with van der Waals surface area (Å²) in [5.41, 5.74) is 0.857. The van der Waals surface area contributed by atoms with Crippen molar-refractivity contribution < 1.29 is 17.9 Å². The molecular weight excluding hydrogens is 363 g/mol. The van der Waals surface area contributed by atoms with Crippen LogP contribution in [0.1, 0.15) is 26.7 Å². The van der Waals surface area contributed by atoms with Gasteiger partial charge in [0.2, 0.25) is 11.6 Å². The molecule has 0 amide bonds. The van der Waals surface area contributed by atoms with Crippen LogP contribution in [0.3, 0.4) is 0 Å². The number of anilines is 1. The summed E-state index contributed by atoms with van der Waals surface area (Å²) in [6.45, 7) is 2.97. The Morgan fingerprint density at radius 2 is 2.11 bits per heavy atom. The van der Waals surface area contributed by atoms with Crippen LogP contribution in [0.5, 0.6) is 5.75 Å². The Morgan fingerprint density at radius 1 is 1.33 bits per heavy atom. The maximum atomic E-state index is 13.1. The lowest BCUT2D eigenvalue weighted by Gasteiger charge is -2.19. The van der Waals surface area contributed by atoms with Crippen molar-refractivity contribution in [1.82, 2.24) is 29.8 Å². The normalized spacial score (nSPS) is 17.1. The SMILES string of the molecule is C[C@H](Oc1c(-c2cn[nH]c2)ncn2nc(N[C@H](C)C3CC3)nc12)C(F)(F)F. The molecule has 0 aromatic carbocycles. The van der Waals surface area contributed by atoms with Gasteiger partial charge in [-0.05, 0) is 32.6 Å². The highest BCUT2D eigenvalue weighted by molar-refractivity contribution is 5.73. The Labute approximate surface area is 152 Å². The number of H-pyrrole nitrogens is 1. The van der Waals surface area contributed by atoms with E-state index in [1.807, 2.05) is 6.92 Å². The number of nitrogens with one attached hydrogen (secondary N) is 2. The van der Waals surface area contributed by atoms with Crippen molar-refractivity contribution in [2.75, 3.05) is 5.32 Å². The van der Waals surface area contributed by atoms with E-state index < -0.39 is 12.3 Å². The molecule has 1 aliphatic carbocycles. The number of aromatic amines is 1. The highest BCUT2D eigenvalue weighted by Crippen LogP contribution is 2.36. The number of nitrogens with zero attached hydrogens (tertiary/aromatic N) is 5. The number of aromatic nitrogens is 6. The first-order chi connectivity index (χ1) is 12.8. The zero-order chi connectivity index (χ0) is 19.2. The van der Waals surface area contributed by atoms with Gasteiger partial charge in [-0.15, -0.1) is 5.10 Å². The molecule has 0 radical (unpaired) electrons. The van der Waals surface area contributed by atoms with E-state index in [0.717, 1.165) is 19.8 Å². The van der Waals surface area contributed by atoms with E-state index in [-0.39, 0.29) is 23.1 Å². The third-order valence-corrected chi connectivity index (χ3v) is 4.56. The van der Waals surface area contributed by atoms with Crippen molar-refractivity contribution in [1.29, 1.82) is 0 Å². The van der Waals surface area contributed by atoms with Gasteiger partial charge in [-0.1, -0.05) is 0 Å². The second-order valence-electron chi connectivity index (χ2n) is 6.68. The van der Waals surface area contributed by atoms with Crippen LogP contribution in [0.2, 0.25) is 0 Å². The van der Waals surface area contributed by atoms with Gasteiger partial charge in [0, 0.05) is 17.8 Å². The highest BCUT2D eigenvalue weighted by Gasteiger charge is 2.39. The van der Waals surface area contributed by atoms with Crippen molar-refractivity contribution in [3.63, 3.8) is 0 Å². The molecule has 27 heavy (non-hydrogen) atoms. The summed E-state index contributed by atoms with van der Waals surface area (Å²) < 4.78 is 45.7. The molecule has 144 valence electrons. The maximum absolute atomic E-state index is 13.1. The Morgan fingerprint density at radius 3 is 2.74 bits per heavy atom. The summed E-state index contributed by atoms with van der Waals surface area (Å²) in [7, 11) is 0. The third-order valence-electron chi connectivity index (χ3n) is 4.56. The minimum Gasteiger partial charge on any atom is -0.475 e. The number of ether oxygens (including phenoxy) is 1. The first-order valence-electron chi connectivity index (χ1n) is 8.57. The standard InChI is InChI=1S/C16H18F3N7O/c1-8(10-3-4-10)23-15-24-14-13(27-9(2)16(17,18)19)12(11-5-21-22-6-11)20-7-26(14)25-15/h5-10H,3-4H2,1-2H3,(H,21,22)(H,23,25)/t8-,9+/m1/s1. The van der Waals surface area contributed by atoms with Crippen LogP contribution in [0.4, 0.5) is 19.1 Å². The number of hydrogen-bond donors (Lipinski definition) is 2. The number of alkyl halides is 3. The van der Waals surface area contributed by atoms with Crippen molar-refractivity contribution in [2.45, 2.75) is 45.0 Å². The van der Waals surface area contributed by atoms with Crippen LogP contribution < -0.4 is 10.1 Å². The molecule has 0 saturated heterocycles. The van der Waals surface area contributed by atoms with Crippen LogP contribution in [0, 0.1) is 5.92 Å². The molecule has 3 heterocycles. The minimum absolute atomic E-state index is 0.0941. The van der Waals surface area contributed by atoms with E-state index in [4.69, 9.17) is 4.74 Å². The van der Waals surface area contributed by atoms with Crippen molar-refractivity contribution in [3.8, 4) is 17.0 Å². The first-order valence-corrected chi connectivity index (χ1v) is 8.57. The number of halogens is 3. The molecule has 1 fully saturated rings. The maximum Gasteiger partial charge on any atom is 0.425 e. The van der Waals surface area contributed by atoms with Crippen LogP contribution in [0.25, 0.3) is 16.9 Å². The summed E-state index contributed by atoms with van der Waals surface area (Å²) >= 11 is 0. The Kier molecular flexibility index (Phi) is 4.16. The number of rotatable bonds is 6. The van der Waals surface area contributed by atoms with Crippen molar-refractivity contribution in [3.05, 3.63) is 18.7 Å². The summed E-state index contributed by atoms with van der Waals surface area (Å²) in [6, 6.07) is 0.183. The summed E-state index contributed by atoms with van der Waals surface area (Å²) in [4.78, 5) is 8.55. The second kappa shape index (κ2) is 6.39. The Hall–Kier alpha value is -2.85. The van der Waals surface area contributed by atoms with E-state index in [2.05, 4.69) is 30.6 Å². The lowest BCUT2D eigenvalue weighted by molar-refractivity contribution is -0.188. The molecule has 2 atom stereocenters. The molecule has 4 rings (SSSR count). The largest absolute Gasteiger partial charge is 0.475 e. The van der Waals surface area contributed by atoms with Gasteiger partial charge in [-0.2, -0.15) is 27.8 Å². The molecule has 11 heteroatoms. The molecule has 0 bridgehead atoms. The van der Waals surface area contributed by atoms with E-state index in [0.29, 0.717) is 17.4 Å². The van der Waals surface area contributed by atoms with Crippen molar-refractivity contribution in [2.24, 2.45) is 5.92 Å². The molecular formula is C16H18F3N7O. The predicted molar refractivity (Wildman–Crippen MR) is 90.3 cm³/mol. The number of hydrogen-bond acceptors (Lipinski definition) is 6. The third kappa shape index (κ3) is 3.53. The monoisotopic (exact) mass is 381 g/mol. The Balaban J connectivity index is 1.76. The fraction of sp³-hybridized carbons (Fsp3) is 0.500. The fourth-order valence-corrected chi connectivity index (χ4v) is 2.75. The highest BCUT2D eigenvalue weighted by atomic mass is 19.4. The topological polar surface area (TPSA) is 93.0 Å². The molecule has 0 unspecified atom stereocenters. The molecule has 0 aliphatic heterocycles. The van der Waals surface area contributed by atoms with Gasteiger partial charge in [-0.3, -0.25) is 5.10 Å². The smallest absolute Gasteiger partial charge is 0.425 e. The Bertz CT molecular complexity index is 934. The van der Waals surface area contributed by atoms with E-state index in [1.54, 1.807) is 0 Å². The molecule has 8 nitrogen and oxygen atoms in total. The van der Waals surface area contributed by atoms with Gasteiger partial charge >= 0.3 is 6.18 Å². The average Bonchev–Trinajstić information content (AvgIpc) is 3.16. The van der Waals surface area contributed by atoms with Crippen LogP contribution >= 0.6 is 0 Å². The van der Waals surface area contributed by atoms with Crippen LogP contribution in [0.15, 0.2) is 18.7 Å². The summed E-state index contributed by atoms with van der Waals surface area (Å²) in [5, 5.41) is 13.9. The van der Waals surface area contributed by atoms with E-state index in [9.17, 15) is 13.2 Å². The molecule has 2 N–H and O–H groups in total. The lowest BCUT2D eigenvalue weighted by atomic mass is 10.2. The van der Waals surface area contributed by atoms with Gasteiger partial charge in [-0.25, -0.2) is 4.98 Å². The fourth-order valence-electron chi connectivity index (χ4n) is 2.75. The molecule has 1 saturated carbocycles.